The second-order valence-electron chi connectivity index (χ2n) is 4.09. The monoisotopic (exact) mass is 219 g/mol. The summed E-state index contributed by atoms with van der Waals surface area (Å²) in [5.41, 5.74) is 1.21. The highest BCUT2D eigenvalue weighted by Gasteiger charge is 2.06. The maximum absolute atomic E-state index is 10.9. The molecule has 0 fully saturated rings. The number of nitrogens with one attached hydrogen (secondary N) is 1. The van der Waals surface area contributed by atoms with E-state index in [-0.39, 0.29) is 6.04 Å². The summed E-state index contributed by atoms with van der Waals surface area (Å²) in [7, 11) is 0. The first-order chi connectivity index (χ1) is 7.86. The highest BCUT2D eigenvalue weighted by Crippen LogP contribution is 2.02. The molecule has 0 saturated carbocycles. The Kier molecular flexibility index (Phi) is 6.50. The van der Waals surface area contributed by atoms with Gasteiger partial charge in [0.25, 0.3) is 0 Å². The van der Waals surface area contributed by atoms with E-state index in [1.807, 2.05) is 18.2 Å². The zero-order chi connectivity index (χ0) is 11.6. The van der Waals surface area contributed by atoms with Gasteiger partial charge in [-0.3, -0.25) is 0 Å². The molecule has 2 nitrogen and oxygen atoms in total. The summed E-state index contributed by atoms with van der Waals surface area (Å²) < 4.78 is 0. The predicted octanol–water partition coefficient (Wildman–Crippen LogP) is 2.58. The van der Waals surface area contributed by atoms with Crippen molar-refractivity contribution in [2.45, 2.75) is 38.6 Å². The van der Waals surface area contributed by atoms with Gasteiger partial charge in [-0.25, -0.2) is 0 Å². The molecule has 1 aromatic rings. The smallest absolute Gasteiger partial charge is 0.137 e. The van der Waals surface area contributed by atoms with E-state index >= 15 is 0 Å². The van der Waals surface area contributed by atoms with Gasteiger partial charge in [-0.15, -0.1) is 0 Å². The van der Waals surface area contributed by atoms with Gasteiger partial charge in [0.1, 0.15) is 6.29 Å². The first-order valence-electron chi connectivity index (χ1n) is 6.09. The average molecular weight is 219 g/mol. The average Bonchev–Trinajstić information content (AvgIpc) is 2.34. The maximum atomic E-state index is 10.9. The third kappa shape index (κ3) is 5.08. The molecular formula is C14H21NO. The molecular weight excluding hydrogens is 198 g/mol. The SMILES string of the molecule is CCCCCN[C@H](C=O)Cc1ccccc1. The zero-order valence-electron chi connectivity index (χ0n) is 9.99. The lowest BCUT2D eigenvalue weighted by molar-refractivity contribution is -0.109. The van der Waals surface area contributed by atoms with E-state index in [1.165, 1.54) is 18.4 Å². The molecule has 0 aliphatic heterocycles. The van der Waals surface area contributed by atoms with Gasteiger partial charge in [0, 0.05) is 0 Å². The molecule has 0 spiro atoms. The molecule has 0 radical (unpaired) electrons. The van der Waals surface area contributed by atoms with Crippen molar-refractivity contribution in [2.24, 2.45) is 0 Å². The minimum atomic E-state index is -0.0424. The Morgan fingerprint density at radius 3 is 2.62 bits per heavy atom. The van der Waals surface area contributed by atoms with E-state index in [0.717, 1.165) is 25.7 Å². The summed E-state index contributed by atoms with van der Waals surface area (Å²) in [5.74, 6) is 0. The molecule has 88 valence electrons. The van der Waals surface area contributed by atoms with Gasteiger partial charge >= 0.3 is 0 Å². The third-order valence-corrected chi connectivity index (χ3v) is 2.65. The van der Waals surface area contributed by atoms with Crippen LogP contribution in [0.5, 0.6) is 0 Å². The second-order valence-corrected chi connectivity index (χ2v) is 4.09. The third-order valence-electron chi connectivity index (χ3n) is 2.65. The van der Waals surface area contributed by atoms with Crippen molar-refractivity contribution < 1.29 is 4.79 Å². The molecule has 2 heteroatoms. The first-order valence-corrected chi connectivity index (χ1v) is 6.09. The maximum Gasteiger partial charge on any atom is 0.137 e. The van der Waals surface area contributed by atoms with Crippen molar-refractivity contribution in [3.63, 3.8) is 0 Å². The molecule has 0 amide bonds. The molecule has 16 heavy (non-hydrogen) atoms. The van der Waals surface area contributed by atoms with E-state index < -0.39 is 0 Å². The fourth-order valence-electron chi connectivity index (χ4n) is 1.70. The van der Waals surface area contributed by atoms with Crippen molar-refractivity contribution in [2.75, 3.05) is 6.54 Å². The van der Waals surface area contributed by atoms with Crippen LogP contribution in [0.4, 0.5) is 0 Å². The largest absolute Gasteiger partial charge is 0.307 e. The van der Waals surface area contributed by atoms with Gasteiger partial charge in [-0.2, -0.15) is 0 Å². The molecule has 0 heterocycles. The molecule has 0 aliphatic rings. The lowest BCUT2D eigenvalue weighted by Crippen LogP contribution is -2.33. The fraction of sp³-hybridized carbons (Fsp3) is 0.500. The lowest BCUT2D eigenvalue weighted by atomic mass is 10.1. The van der Waals surface area contributed by atoms with E-state index in [4.69, 9.17) is 0 Å². The zero-order valence-corrected chi connectivity index (χ0v) is 9.99. The fourth-order valence-corrected chi connectivity index (χ4v) is 1.70. The van der Waals surface area contributed by atoms with Gasteiger partial charge in [0.2, 0.25) is 0 Å². The Morgan fingerprint density at radius 1 is 1.25 bits per heavy atom. The molecule has 0 aromatic heterocycles. The second kappa shape index (κ2) is 8.05. The summed E-state index contributed by atoms with van der Waals surface area (Å²) in [6, 6.07) is 10.1. The normalized spacial score (nSPS) is 12.3. The van der Waals surface area contributed by atoms with Crippen LogP contribution in [0, 0.1) is 0 Å². The van der Waals surface area contributed by atoms with Crippen LogP contribution in [0.1, 0.15) is 31.7 Å². The van der Waals surface area contributed by atoms with Crippen LogP contribution in [0.2, 0.25) is 0 Å². The van der Waals surface area contributed by atoms with E-state index in [1.54, 1.807) is 0 Å². The van der Waals surface area contributed by atoms with E-state index in [9.17, 15) is 4.79 Å². The molecule has 1 rings (SSSR count). The number of benzene rings is 1. The Labute approximate surface area is 98.1 Å². The number of rotatable bonds is 8. The Morgan fingerprint density at radius 2 is 2.00 bits per heavy atom. The van der Waals surface area contributed by atoms with Gasteiger partial charge in [0.15, 0.2) is 0 Å². The van der Waals surface area contributed by atoms with E-state index in [2.05, 4.69) is 24.4 Å². The quantitative estimate of drug-likeness (QED) is 0.538. The standard InChI is InChI=1S/C14H21NO/c1-2-3-7-10-15-14(12-16)11-13-8-5-4-6-9-13/h4-6,8-9,12,14-15H,2-3,7,10-11H2,1H3/t14-/m0/s1. The number of carbonyl (C=O) groups excluding carboxylic acids is 1. The van der Waals surface area contributed by atoms with Crippen LogP contribution < -0.4 is 5.32 Å². The predicted molar refractivity (Wildman–Crippen MR) is 67.5 cm³/mol. The molecule has 1 N–H and O–H groups in total. The Bertz CT molecular complexity index is 284. The number of unbranched alkanes of at least 4 members (excludes halogenated alkanes) is 2. The molecule has 0 unspecified atom stereocenters. The summed E-state index contributed by atoms with van der Waals surface area (Å²) in [4.78, 5) is 10.9. The first kappa shape index (κ1) is 12.9. The summed E-state index contributed by atoms with van der Waals surface area (Å²) in [5, 5.41) is 3.28. The summed E-state index contributed by atoms with van der Waals surface area (Å²) in [6.45, 7) is 3.12. The van der Waals surface area contributed by atoms with Crippen LogP contribution in [-0.2, 0) is 11.2 Å². The van der Waals surface area contributed by atoms with Crippen molar-refractivity contribution in [3.8, 4) is 0 Å². The molecule has 0 saturated heterocycles. The highest BCUT2D eigenvalue weighted by molar-refractivity contribution is 5.58. The minimum absolute atomic E-state index is 0.0424. The van der Waals surface area contributed by atoms with Crippen LogP contribution in [0.3, 0.4) is 0 Å². The van der Waals surface area contributed by atoms with Gasteiger partial charge in [-0.05, 0) is 24.9 Å². The van der Waals surface area contributed by atoms with Crippen molar-refractivity contribution >= 4 is 6.29 Å². The van der Waals surface area contributed by atoms with Crippen LogP contribution >= 0.6 is 0 Å². The lowest BCUT2D eigenvalue weighted by Gasteiger charge is -2.12. The summed E-state index contributed by atoms with van der Waals surface area (Å²) >= 11 is 0. The van der Waals surface area contributed by atoms with Crippen LogP contribution in [0.25, 0.3) is 0 Å². The Balaban J connectivity index is 2.29. The number of carbonyl (C=O) groups is 1. The topological polar surface area (TPSA) is 29.1 Å². The minimum Gasteiger partial charge on any atom is -0.307 e. The molecule has 1 atom stereocenters. The van der Waals surface area contributed by atoms with Crippen molar-refractivity contribution in [1.29, 1.82) is 0 Å². The number of hydrogen-bond donors (Lipinski definition) is 1. The Hall–Kier alpha value is -1.15. The van der Waals surface area contributed by atoms with Crippen molar-refractivity contribution in [3.05, 3.63) is 35.9 Å². The molecule has 1 aromatic carbocycles. The van der Waals surface area contributed by atoms with E-state index in [0.29, 0.717) is 0 Å². The summed E-state index contributed by atoms with van der Waals surface area (Å²) in [6.07, 6.45) is 5.39. The van der Waals surface area contributed by atoms with Crippen LogP contribution in [-0.4, -0.2) is 18.9 Å². The molecule has 0 aliphatic carbocycles. The van der Waals surface area contributed by atoms with Gasteiger partial charge in [-0.1, -0.05) is 50.1 Å². The van der Waals surface area contributed by atoms with Gasteiger partial charge < -0.3 is 10.1 Å². The highest BCUT2D eigenvalue weighted by atomic mass is 16.1. The number of hydrogen-bond acceptors (Lipinski definition) is 2. The van der Waals surface area contributed by atoms with Crippen molar-refractivity contribution in [1.82, 2.24) is 5.32 Å². The van der Waals surface area contributed by atoms with Gasteiger partial charge in [0.05, 0.1) is 6.04 Å². The number of aldehydes is 1. The molecule has 0 bridgehead atoms. The van der Waals surface area contributed by atoms with Crippen LogP contribution in [0.15, 0.2) is 30.3 Å².